The number of rotatable bonds is 7. The van der Waals surface area contributed by atoms with Crippen molar-refractivity contribution in [1.82, 2.24) is 5.32 Å². The topological polar surface area (TPSA) is 83.4 Å². The Balaban J connectivity index is 1.48. The van der Waals surface area contributed by atoms with Gasteiger partial charge in [0, 0.05) is 16.9 Å². The van der Waals surface area contributed by atoms with Crippen LogP contribution in [0.5, 0.6) is 0 Å². The summed E-state index contributed by atoms with van der Waals surface area (Å²) < 4.78 is 5.19. The lowest BCUT2D eigenvalue weighted by molar-refractivity contribution is -0.114. The van der Waals surface area contributed by atoms with Gasteiger partial charge >= 0.3 is 0 Å². The van der Waals surface area contributed by atoms with Crippen LogP contribution in [-0.4, -0.2) is 18.4 Å². The predicted octanol–water partition coefficient (Wildman–Crippen LogP) is 3.88. The number of furan rings is 1. The first kappa shape index (κ1) is 19.2. The van der Waals surface area contributed by atoms with E-state index in [4.69, 9.17) is 4.42 Å². The largest absolute Gasteiger partial charge is 0.467 e. The van der Waals surface area contributed by atoms with Gasteiger partial charge in [0.25, 0.3) is 5.91 Å². The van der Waals surface area contributed by atoms with Gasteiger partial charge in [0.1, 0.15) is 5.76 Å². The Labute approximate surface area is 164 Å². The first-order chi connectivity index (χ1) is 13.5. The van der Waals surface area contributed by atoms with Gasteiger partial charge in [-0.3, -0.25) is 9.59 Å². The van der Waals surface area contributed by atoms with E-state index in [1.54, 1.807) is 42.7 Å². The van der Waals surface area contributed by atoms with Gasteiger partial charge in [-0.1, -0.05) is 17.7 Å². The molecule has 1 aromatic heterocycles. The molecule has 0 fully saturated rings. The number of nitrogens with one attached hydrogen (secondary N) is 3. The minimum Gasteiger partial charge on any atom is -0.467 e. The van der Waals surface area contributed by atoms with E-state index in [1.165, 1.54) is 0 Å². The molecule has 0 unspecified atom stereocenters. The van der Waals surface area contributed by atoms with Gasteiger partial charge < -0.3 is 20.4 Å². The van der Waals surface area contributed by atoms with Crippen LogP contribution in [0.4, 0.5) is 11.4 Å². The van der Waals surface area contributed by atoms with Crippen molar-refractivity contribution in [3.63, 3.8) is 0 Å². The molecular formula is C22H23N3O3. The van der Waals surface area contributed by atoms with E-state index in [0.29, 0.717) is 17.9 Å². The fourth-order valence-corrected chi connectivity index (χ4v) is 2.75. The second-order valence-electron chi connectivity index (χ2n) is 6.56. The summed E-state index contributed by atoms with van der Waals surface area (Å²) in [6, 6.07) is 16.4. The minimum absolute atomic E-state index is 0.132. The summed E-state index contributed by atoms with van der Waals surface area (Å²) in [6.07, 6.45) is 1.57. The van der Waals surface area contributed by atoms with Crippen molar-refractivity contribution in [2.24, 2.45) is 0 Å². The van der Waals surface area contributed by atoms with Gasteiger partial charge in [-0.2, -0.15) is 0 Å². The summed E-state index contributed by atoms with van der Waals surface area (Å²) in [4.78, 5) is 24.3. The minimum atomic E-state index is -0.185. The van der Waals surface area contributed by atoms with Crippen LogP contribution in [0.3, 0.4) is 0 Å². The third kappa shape index (κ3) is 5.23. The smallest absolute Gasteiger partial charge is 0.251 e. The highest BCUT2D eigenvalue weighted by atomic mass is 16.3. The molecule has 3 N–H and O–H groups in total. The number of benzene rings is 2. The SMILES string of the molecule is Cc1ccc(NC(=O)CNc2ccc(C(=O)NCc3ccco3)cc2)c(C)c1. The average Bonchev–Trinajstić information content (AvgIpc) is 3.21. The standard InChI is InChI=1S/C22H23N3O3/c1-15-5-10-20(16(2)12-15)25-21(26)14-23-18-8-6-17(7-9-18)22(27)24-13-19-4-3-11-28-19/h3-12,23H,13-14H2,1-2H3,(H,24,27)(H,25,26). The molecule has 0 atom stereocenters. The molecule has 6 nitrogen and oxygen atoms in total. The fourth-order valence-electron chi connectivity index (χ4n) is 2.75. The van der Waals surface area contributed by atoms with Crippen molar-refractivity contribution in [2.75, 3.05) is 17.2 Å². The second-order valence-corrected chi connectivity index (χ2v) is 6.56. The van der Waals surface area contributed by atoms with Gasteiger partial charge in [0.2, 0.25) is 5.91 Å². The molecule has 0 aliphatic rings. The Kier molecular flexibility index (Phi) is 6.11. The third-order valence-electron chi connectivity index (χ3n) is 4.26. The Morgan fingerprint density at radius 2 is 1.79 bits per heavy atom. The quantitative estimate of drug-likeness (QED) is 0.583. The number of amides is 2. The molecule has 0 spiro atoms. The first-order valence-electron chi connectivity index (χ1n) is 9.03. The Morgan fingerprint density at radius 1 is 1.00 bits per heavy atom. The molecule has 0 saturated carbocycles. The maximum atomic E-state index is 12.1. The molecular weight excluding hydrogens is 354 g/mol. The lowest BCUT2D eigenvalue weighted by Gasteiger charge is -2.11. The predicted molar refractivity (Wildman–Crippen MR) is 109 cm³/mol. The number of carbonyl (C=O) groups excluding carboxylic acids is 2. The van der Waals surface area contributed by atoms with Crippen molar-refractivity contribution in [3.05, 3.63) is 83.3 Å². The number of aryl methyl sites for hydroxylation is 2. The lowest BCUT2D eigenvalue weighted by Crippen LogP contribution is -2.23. The number of hydrogen-bond acceptors (Lipinski definition) is 4. The molecule has 0 bridgehead atoms. The van der Waals surface area contributed by atoms with Gasteiger partial charge in [0.05, 0.1) is 19.4 Å². The molecule has 144 valence electrons. The summed E-state index contributed by atoms with van der Waals surface area (Å²) in [6.45, 7) is 4.45. The van der Waals surface area contributed by atoms with Gasteiger partial charge in [-0.15, -0.1) is 0 Å². The summed E-state index contributed by atoms with van der Waals surface area (Å²) in [5, 5.41) is 8.74. The molecule has 1 heterocycles. The average molecular weight is 377 g/mol. The van der Waals surface area contributed by atoms with E-state index in [2.05, 4.69) is 16.0 Å². The van der Waals surface area contributed by atoms with Crippen LogP contribution in [-0.2, 0) is 11.3 Å². The van der Waals surface area contributed by atoms with E-state index in [9.17, 15) is 9.59 Å². The van der Waals surface area contributed by atoms with Crippen molar-refractivity contribution in [2.45, 2.75) is 20.4 Å². The maximum Gasteiger partial charge on any atom is 0.251 e. The summed E-state index contributed by atoms with van der Waals surface area (Å²) in [5.41, 5.74) is 4.29. The zero-order valence-corrected chi connectivity index (χ0v) is 15.9. The molecule has 6 heteroatoms. The summed E-state index contributed by atoms with van der Waals surface area (Å²) >= 11 is 0. The first-order valence-corrected chi connectivity index (χ1v) is 9.03. The number of hydrogen-bond donors (Lipinski definition) is 3. The van der Waals surface area contributed by atoms with Gasteiger partial charge in [-0.25, -0.2) is 0 Å². The highest BCUT2D eigenvalue weighted by Crippen LogP contribution is 2.16. The highest BCUT2D eigenvalue weighted by molar-refractivity contribution is 5.95. The zero-order chi connectivity index (χ0) is 19.9. The molecule has 0 aliphatic carbocycles. The van der Waals surface area contributed by atoms with Gasteiger partial charge in [-0.05, 0) is 61.9 Å². The van der Waals surface area contributed by atoms with Crippen LogP contribution >= 0.6 is 0 Å². The molecule has 2 amide bonds. The Bertz CT molecular complexity index is 948. The van der Waals surface area contributed by atoms with Crippen molar-refractivity contribution < 1.29 is 14.0 Å². The number of anilines is 2. The van der Waals surface area contributed by atoms with Crippen LogP contribution in [0.25, 0.3) is 0 Å². The molecule has 0 radical (unpaired) electrons. The Morgan fingerprint density at radius 3 is 2.46 bits per heavy atom. The van der Waals surface area contributed by atoms with Crippen molar-refractivity contribution >= 4 is 23.2 Å². The lowest BCUT2D eigenvalue weighted by atomic mass is 10.1. The van der Waals surface area contributed by atoms with E-state index >= 15 is 0 Å². The third-order valence-corrected chi connectivity index (χ3v) is 4.26. The second kappa shape index (κ2) is 8.90. The molecule has 2 aromatic carbocycles. The molecule has 3 rings (SSSR count). The summed E-state index contributed by atoms with van der Waals surface area (Å²) in [7, 11) is 0. The zero-order valence-electron chi connectivity index (χ0n) is 15.9. The Hall–Kier alpha value is -3.54. The van der Waals surface area contributed by atoms with Crippen LogP contribution in [0, 0.1) is 13.8 Å². The van der Waals surface area contributed by atoms with Crippen LogP contribution in [0.1, 0.15) is 27.2 Å². The van der Waals surface area contributed by atoms with Crippen molar-refractivity contribution in [3.8, 4) is 0 Å². The van der Waals surface area contributed by atoms with E-state index in [0.717, 1.165) is 22.5 Å². The van der Waals surface area contributed by atoms with Gasteiger partial charge in [0.15, 0.2) is 0 Å². The molecule has 0 aliphatic heterocycles. The summed E-state index contributed by atoms with van der Waals surface area (Å²) in [5.74, 6) is 0.379. The monoisotopic (exact) mass is 377 g/mol. The maximum absolute atomic E-state index is 12.1. The fraction of sp³-hybridized carbons (Fsp3) is 0.182. The van der Waals surface area contributed by atoms with Crippen LogP contribution < -0.4 is 16.0 Å². The van der Waals surface area contributed by atoms with E-state index in [-0.39, 0.29) is 18.4 Å². The molecule has 0 saturated heterocycles. The highest BCUT2D eigenvalue weighted by Gasteiger charge is 2.08. The van der Waals surface area contributed by atoms with Crippen LogP contribution in [0.15, 0.2) is 65.3 Å². The normalized spacial score (nSPS) is 10.4. The van der Waals surface area contributed by atoms with Crippen LogP contribution in [0.2, 0.25) is 0 Å². The molecule has 28 heavy (non-hydrogen) atoms. The van der Waals surface area contributed by atoms with E-state index < -0.39 is 0 Å². The van der Waals surface area contributed by atoms with E-state index in [1.807, 2.05) is 32.0 Å². The number of carbonyl (C=O) groups is 2. The molecule has 3 aromatic rings. The van der Waals surface area contributed by atoms with Crippen molar-refractivity contribution in [1.29, 1.82) is 0 Å².